The third kappa shape index (κ3) is 5.00. The fraction of sp³-hybridized carbons (Fsp3) is 0.462. The second-order valence-electron chi connectivity index (χ2n) is 4.26. The predicted molar refractivity (Wildman–Crippen MR) is 70.0 cm³/mol. The average molecular weight is 288 g/mol. The molecule has 0 aliphatic heterocycles. The molecule has 1 aromatic carbocycles. The number of hydrogen-bond donors (Lipinski definition) is 1. The van der Waals surface area contributed by atoms with E-state index in [2.05, 4.69) is 10.1 Å². The van der Waals surface area contributed by atoms with Gasteiger partial charge in [-0.25, -0.2) is 0 Å². The molecule has 112 valence electrons. The summed E-state index contributed by atoms with van der Waals surface area (Å²) in [5.74, 6) is 0.140. The van der Waals surface area contributed by atoms with E-state index in [0.717, 1.165) is 0 Å². The number of nitrogens with zero attached hydrogens (tertiary/aromatic N) is 1. The first kappa shape index (κ1) is 16.2. The lowest BCUT2D eigenvalue weighted by molar-refractivity contribution is -0.127. The standard InChI is InChI=1S/C13H18F2N2O3/c1-17(2)12(18)8-16-7-9-4-5-10(19-3)11(6-9)20-13(14)15/h4-6,13,16H,7-8H2,1-3H3. The van der Waals surface area contributed by atoms with E-state index in [0.29, 0.717) is 12.1 Å². The van der Waals surface area contributed by atoms with Gasteiger partial charge in [0.2, 0.25) is 5.91 Å². The van der Waals surface area contributed by atoms with E-state index in [9.17, 15) is 13.6 Å². The van der Waals surface area contributed by atoms with Crippen molar-refractivity contribution in [1.82, 2.24) is 10.2 Å². The number of hydrogen-bond acceptors (Lipinski definition) is 4. The SMILES string of the molecule is COc1ccc(CNCC(=O)N(C)C)cc1OC(F)F. The van der Waals surface area contributed by atoms with Crippen LogP contribution in [-0.2, 0) is 11.3 Å². The maximum atomic E-state index is 12.3. The summed E-state index contributed by atoms with van der Waals surface area (Å²) in [4.78, 5) is 12.8. The minimum Gasteiger partial charge on any atom is -0.493 e. The highest BCUT2D eigenvalue weighted by atomic mass is 19.3. The monoisotopic (exact) mass is 288 g/mol. The number of carbonyl (C=O) groups is 1. The Bertz CT molecular complexity index is 453. The van der Waals surface area contributed by atoms with Crippen LogP contribution in [0.1, 0.15) is 5.56 Å². The van der Waals surface area contributed by atoms with E-state index in [1.165, 1.54) is 18.1 Å². The van der Waals surface area contributed by atoms with Crippen LogP contribution in [0.4, 0.5) is 8.78 Å². The quantitative estimate of drug-likeness (QED) is 0.825. The van der Waals surface area contributed by atoms with Crippen LogP contribution >= 0.6 is 0 Å². The lowest BCUT2D eigenvalue weighted by atomic mass is 10.2. The largest absolute Gasteiger partial charge is 0.493 e. The Labute approximate surface area is 116 Å². The van der Waals surface area contributed by atoms with Crippen molar-refractivity contribution in [2.24, 2.45) is 0 Å². The molecular formula is C13H18F2N2O3. The summed E-state index contributed by atoms with van der Waals surface area (Å²) in [7, 11) is 4.69. The number of rotatable bonds is 7. The summed E-state index contributed by atoms with van der Waals surface area (Å²) in [6.07, 6.45) is 0. The Balaban J connectivity index is 2.64. The van der Waals surface area contributed by atoms with Crippen molar-refractivity contribution in [1.29, 1.82) is 0 Å². The van der Waals surface area contributed by atoms with E-state index in [1.54, 1.807) is 26.2 Å². The van der Waals surface area contributed by atoms with Crippen molar-refractivity contribution in [2.45, 2.75) is 13.2 Å². The molecule has 0 aliphatic rings. The number of benzene rings is 1. The zero-order valence-corrected chi connectivity index (χ0v) is 11.7. The first-order valence-corrected chi connectivity index (χ1v) is 5.96. The first-order valence-electron chi connectivity index (χ1n) is 5.96. The van der Waals surface area contributed by atoms with Gasteiger partial charge < -0.3 is 19.7 Å². The third-order valence-electron chi connectivity index (χ3n) is 2.55. The molecule has 0 heterocycles. The fourth-order valence-electron chi connectivity index (χ4n) is 1.49. The van der Waals surface area contributed by atoms with Gasteiger partial charge in [-0.2, -0.15) is 8.78 Å². The Morgan fingerprint density at radius 2 is 2.05 bits per heavy atom. The van der Waals surface area contributed by atoms with Gasteiger partial charge in [0.25, 0.3) is 0 Å². The van der Waals surface area contributed by atoms with Gasteiger partial charge in [0, 0.05) is 20.6 Å². The molecule has 0 unspecified atom stereocenters. The summed E-state index contributed by atoms with van der Waals surface area (Å²) < 4.78 is 33.9. The number of ether oxygens (including phenoxy) is 2. The van der Waals surface area contributed by atoms with Gasteiger partial charge in [-0.15, -0.1) is 0 Å². The molecular weight excluding hydrogens is 270 g/mol. The van der Waals surface area contributed by atoms with Crippen LogP contribution in [0.5, 0.6) is 11.5 Å². The highest BCUT2D eigenvalue weighted by Gasteiger charge is 2.11. The molecule has 0 aromatic heterocycles. The fourth-order valence-corrected chi connectivity index (χ4v) is 1.49. The van der Waals surface area contributed by atoms with Crippen molar-refractivity contribution in [3.05, 3.63) is 23.8 Å². The molecule has 1 aromatic rings. The number of alkyl halides is 2. The maximum absolute atomic E-state index is 12.3. The minimum absolute atomic E-state index is 0.0271. The topological polar surface area (TPSA) is 50.8 Å². The van der Waals surface area contributed by atoms with E-state index in [4.69, 9.17) is 4.74 Å². The van der Waals surface area contributed by atoms with E-state index >= 15 is 0 Å². The van der Waals surface area contributed by atoms with Crippen LogP contribution in [-0.4, -0.2) is 45.2 Å². The van der Waals surface area contributed by atoms with Gasteiger partial charge in [0.15, 0.2) is 11.5 Å². The van der Waals surface area contributed by atoms with Crippen LogP contribution in [0.25, 0.3) is 0 Å². The number of halogens is 2. The molecule has 0 bridgehead atoms. The number of nitrogens with one attached hydrogen (secondary N) is 1. The molecule has 5 nitrogen and oxygen atoms in total. The number of methoxy groups -OCH3 is 1. The lowest BCUT2D eigenvalue weighted by Gasteiger charge is -2.13. The molecule has 0 fully saturated rings. The second-order valence-corrected chi connectivity index (χ2v) is 4.26. The molecule has 0 saturated carbocycles. The molecule has 1 amide bonds. The van der Waals surface area contributed by atoms with Crippen molar-refractivity contribution in [2.75, 3.05) is 27.7 Å². The molecule has 20 heavy (non-hydrogen) atoms. The van der Waals surface area contributed by atoms with Crippen LogP contribution in [0, 0.1) is 0 Å². The van der Waals surface area contributed by atoms with Crippen molar-refractivity contribution >= 4 is 5.91 Å². The zero-order chi connectivity index (χ0) is 15.1. The molecule has 0 radical (unpaired) electrons. The van der Waals surface area contributed by atoms with Crippen LogP contribution in [0.3, 0.4) is 0 Å². The molecule has 0 spiro atoms. The second kappa shape index (κ2) is 7.64. The minimum atomic E-state index is -2.91. The number of amides is 1. The van der Waals surface area contributed by atoms with Crippen LogP contribution < -0.4 is 14.8 Å². The lowest BCUT2D eigenvalue weighted by Crippen LogP contribution is -2.32. The Morgan fingerprint density at radius 1 is 1.35 bits per heavy atom. The molecule has 0 aliphatic carbocycles. The van der Waals surface area contributed by atoms with Crippen LogP contribution in [0.2, 0.25) is 0 Å². The zero-order valence-electron chi connectivity index (χ0n) is 11.7. The van der Waals surface area contributed by atoms with Crippen molar-refractivity contribution in [3.63, 3.8) is 0 Å². The maximum Gasteiger partial charge on any atom is 0.387 e. The van der Waals surface area contributed by atoms with Gasteiger partial charge in [-0.3, -0.25) is 4.79 Å². The van der Waals surface area contributed by atoms with Crippen LogP contribution in [0.15, 0.2) is 18.2 Å². The van der Waals surface area contributed by atoms with E-state index in [-0.39, 0.29) is 24.0 Å². The highest BCUT2D eigenvalue weighted by Crippen LogP contribution is 2.29. The summed E-state index contributed by atoms with van der Waals surface area (Å²) in [6.45, 7) is -2.38. The summed E-state index contributed by atoms with van der Waals surface area (Å²) in [5.41, 5.74) is 0.716. The van der Waals surface area contributed by atoms with Crippen molar-refractivity contribution in [3.8, 4) is 11.5 Å². The molecule has 0 saturated heterocycles. The Hall–Kier alpha value is -1.89. The third-order valence-corrected chi connectivity index (χ3v) is 2.55. The number of carbonyl (C=O) groups excluding carboxylic acids is 1. The van der Waals surface area contributed by atoms with Gasteiger partial charge in [0.1, 0.15) is 0 Å². The Morgan fingerprint density at radius 3 is 2.60 bits per heavy atom. The van der Waals surface area contributed by atoms with E-state index < -0.39 is 6.61 Å². The normalized spacial score (nSPS) is 10.5. The first-order chi connectivity index (χ1) is 9.43. The van der Waals surface area contributed by atoms with E-state index in [1.807, 2.05) is 0 Å². The van der Waals surface area contributed by atoms with Gasteiger partial charge >= 0.3 is 6.61 Å². The average Bonchev–Trinajstić information content (AvgIpc) is 2.38. The summed E-state index contributed by atoms with van der Waals surface area (Å²) in [6, 6.07) is 4.71. The summed E-state index contributed by atoms with van der Waals surface area (Å²) in [5, 5.41) is 2.93. The molecule has 0 atom stereocenters. The predicted octanol–water partition coefficient (Wildman–Crippen LogP) is 1.47. The van der Waals surface area contributed by atoms with Crippen molar-refractivity contribution < 1.29 is 23.0 Å². The smallest absolute Gasteiger partial charge is 0.387 e. The highest BCUT2D eigenvalue weighted by molar-refractivity contribution is 5.77. The number of likely N-dealkylation sites (N-methyl/N-ethyl adjacent to an activating group) is 1. The molecule has 1 N–H and O–H groups in total. The van der Waals surface area contributed by atoms with Gasteiger partial charge in [-0.05, 0) is 17.7 Å². The van der Waals surface area contributed by atoms with Gasteiger partial charge in [0.05, 0.1) is 13.7 Å². The van der Waals surface area contributed by atoms with Gasteiger partial charge in [-0.1, -0.05) is 6.07 Å². The molecule has 1 rings (SSSR count). The Kier molecular flexibility index (Phi) is 6.17. The summed E-state index contributed by atoms with van der Waals surface area (Å²) >= 11 is 0. The molecule has 7 heteroatoms.